The third-order valence-electron chi connectivity index (χ3n) is 4.26. The minimum absolute atomic E-state index is 0.0638. The highest BCUT2D eigenvalue weighted by Crippen LogP contribution is 2.33. The molecule has 2 N–H and O–H groups in total. The first-order valence-corrected chi connectivity index (χ1v) is 8.23. The van der Waals surface area contributed by atoms with Gasteiger partial charge in [0, 0.05) is 18.8 Å². The predicted molar refractivity (Wildman–Crippen MR) is 96.7 cm³/mol. The summed E-state index contributed by atoms with van der Waals surface area (Å²) in [4.78, 5) is 0. The molecule has 0 fully saturated rings. The van der Waals surface area contributed by atoms with Gasteiger partial charge in [-0.2, -0.15) is 0 Å². The van der Waals surface area contributed by atoms with Gasteiger partial charge in [0.1, 0.15) is 0 Å². The van der Waals surface area contributed by atoms with Crippen LogP contribution in [0.4, 0.5) is 0 Å². The molecule has 0 aliphatic rings. The Balaban J connectivity index is 1.86. The summed E-state index contributed by atoms with van der Waals surface area (Å²) in [7, 11) is 0. The molecule has 0 aliphatic carbocycles. The van der Waals surface area contributed by atoms with E-state index in [2.05, 4.69) is 0 Å². The lowest BCUT2D eigenvalue weighted by molar-refractivity contribution is -0.166. The maximum absolute atomic E-state index is 10.6. The van der Waals surface area contributed by atoms with E-state index in [9.17, 15) is 10.2 Å². The van der Waals surface area contributed by atoms with Crippen molar-refractivity contribution in [2.75, 3.05) is 0 Å². The summed E-state index contributed by atoms with van der Waals surface area (Å²) in [5, 5.41) is 21.2. The van der Waals surface area contributed by atoms with Crippen LogP contribution in [-0.4, -0.2) is 16.0 Å². The van der Waals surface area contributed by atoms with Crippen LogP contribution in [0.3, 0.4) is 0 Å². The van der Waals surface area contributed by atoms with Crippen molar-refractivity contribution >= 4 is 0 Å². The number of aliphatic hydroxyl groups is 2. The van der Waals surface area contributed by atoms with Crippen molar-refractivity contribution in [3.05, 3.63) is 108 Å². The van der Waals surface area contributed by atoms with Crippen LogP contribution >= 0.6 is 0 Å². The van der Waals surface area contributed by atoms with Gasteiger partial charge in [0.15, 0.2) is 5.79 Å². The lowest BCUT2D eigenvalue weighted by Crippen LogP contribution is -2.33. The second-order valence-electron chi connectivity index (χ2n) is 6.22. The number of rotatable bonds is 6. The number of benzene rings is 3. The molecule has 0 saturated carbocycles. The normalized spacial score (nSPS) is 11.6. The Hall–Kier alpha value is -2.42. The highest BCUT2D eigenvalue weighted by atomic mass is 16.5. The van der Waals surface area contributed by atoms with Crippen LogP contribution in [0.5, 0.6) is 0 Å². The third kappa shape index (κ3) is 4.31. The Morgan fingerprint density at radius 2 is 1.04 bits per heavy atom. The van der Waals surface area contributed by atoms with E-state index in [0.29, 0.717) is 0 Å². The van der Waals surface area contributed by atoms with Crippen molar-refractivity contribution in [2.24, 2.45) is 0 Å². The van der Waals surface area contributed by atoms with E-state index in [4.69, 9.17) is 0 Å². The van der Waals surface area contributed by atoms with E-state index >= 15 is 0 Å². The molecule has 0 amide bonds. The fraction of sp³-hybridized carbons (Fsp3) is 0.182. The van der Waals surface area contributed by atoms with Gasteiger partial charge in [-0.1, -0.05) is 91.0 Å². The molecule has 122 valence electrons. The Kier molecular flexibility index (Phi) is 5.09. The van der Waals surface area contributed by atoms with E-state index in [0.717, 1.165) is 16.7 Å². The summed E-state index contributed by atoms with van der Waals surface area (Å²) in [6.45, 7) is 0. The van der Waals surface area contributed by atoms with Crippen LogP contribution in [0.15, 0.2) is 91.0 Å². The minimum atomic E-state index is -1.77. The quantitative estimate of drug-likeness (QED) is 0.671. The van der Waals surface area contributed by atoms with Crippen molar-refractivity contribution in [1.29, 1.82) is 0 Å². The molecule has 0 atom stereocenters. The third-order valence-corrected chi connectivity index (χ3v) is 4.26. The second kappa shape index (κ2) is 7.43. The van der Waals surface area contributed by atoms with Gasteiger partial charge < -0.3 is 10.2 Å². The molecule has 0 radical (unpaired) electrons. The first kappa shape index (κ1) is 16.4. The van der Waals surface area contributed by atoms with Gasteiger partial charge in [-0.05, 0) is 16.7 Å². The van der Waals surface area contributed by atoms with Gasteiger partial charge in [0.2, 0.25) is 0 Å². The molecule has 0 aromatic heterocycles. The maximum atomic E-state index is 10.6. The van der Waals surface area contributed by atoms with Crippen molar-refractivity contribution in [3.8, 4) is 0 Å². The molecule has 0 bridgehead atoms. The Bertz CT molecular complexity index is 697. The summed E-state index contributed by atoms with van der Waals surface area (Å²) in [6, 6.07) is 29.6. The standard InChI is InChI=1S/C22H22O2/c23-22(24,16-18-10-4-1-5-11-18)17-21(19-12-6-2-7-13-19)20-14-8-3-9-15-20/h1-15,21,23-24H,16-17H2. The molecule has 3 aromatic rings. The molecule has 2 heteroatoms. The van der Waals surface area contributed by atoms with Gasteiger partial charge in [-0.15, -0.1) is 0 Å². The number of hydrogen-bond donors (Lipinski definition) is 2. The van der Waals surface area contributed by atoms with Gasteiger partial charge in [0.25, 0.3) is 0 Å². The zero-order valence-electron chi connectivity index (χ0n) is 13.5. The van der Waals surface area contributed by atoms with Crippen LogP contribution in [0.1, 0.15) is 29.0 Å². The fourth-order valence-electron chi connectivity index (χ4n) is 3.12. The van der Waals surface area contributed by atoms with Crippen molar-refractivity contribution in [2.45, 2.75) is 24.5 Å². The first-order valence-electron chi connectivity index (χ1n) is 8.23. The highest BCUT2D eigenvalue weighted by molar-refractivity contribution is 5.33. The summed E-state index contributed by atoms with van der Waals surface area (Å²) < 4.78 is 0. The molecule has 0 unspecified atom stereocenters. The van der Waals surface area contributed by atoms with Crippen molar-refractivity contribution in [3.63, 3.8) is 0 Å². The van der Waals surface area contributed by atoms with Crippen LogP contribution in [-0.2, 0) is 6.42 Å². The molecular formula is C22H22O2. The van der Waals surface area contributed by atoms with Gasteiger partial charge in [-0.25, -0.2) is 0 Å². The Labute approximate surface area is 143 Å². The molecule has 3 rings (SSSR count). The molecular weight excluding hydrogens is 296 g/mol. The molecule has 3 aromatic carbocycles. The summed E-state index contributed by atoms with van der Waals surface area (Å²) in [6.07, 6.45) is 0.458. The predicted octanol–water partition coefficient (Wildman–Crippen LogP) is 4.13. The summed E-state index contributed by atoms with van der Waals surface area (Å²) in [5.41, 5.74) is 3.09. The first-order chi connectivity index (χ1) is 11.6. The highest BCUT2D eigenvalue weighted by Gasteiger charge is 2.29. The molecule has 2 nitrogen and oxygen atoms in total. The zero-order chi connectivity index (χ0) is 16.8. The topological polar surface area (TPSA) is 40.5 Å². The maximum Gasteiger partial charge on any atom is 0.167 e. The average Bonchev–Trinajstić information content (AvgIpc) is 2.62. The van der Waals surface area contributed by atoms with Crippen LogP contribution in [0.25, 0.3) is 0 Å². The van der Waals surface area contributed by atoms with Gasteiger partial charge in [-0.3, -0.25) is 0 Å². The fourth-order valence-corrected chi connectivity index (χ4v) is 3.12. The van der Waals surface area contributed by atoms with Gasteiger partial charge in [0.05, 0.1) is 0 Å². The molecule has 24 heavy (non-hydrogen) atoms. The second-order valence-corrected chi connectivity index (χ2v) is 6.22. The largest absolute Gasteiger partial charge is 0.365 e. The number of hydrogen-bond acceptors (Lipinski definition) is 2. The van der Waals surface area contributed by atoms with E-state index in [1.807, 2.05) is 91.0 Å². The average molecular weight is 318 g/mol. The van der Waals surface area contributed by atoms with Gasteiger partial charge >= 0.3 is 0 Å². The van der Waals surface area contributed by atoms with E-state index in [-0.39, 0.29) is 18.8 Å². The molecule has 0 aliphatic heterocycles. The molecule has 0 saturated heterocycles. The Morgan fingerprint density at radius 3 is 1.50 bits per heavy atom. The smallest absolute Gasteiger partial charge is 0.167 e. The lowest BCUT2D eigenvalue weighted by atomic mass is 9.84. The molecule has 0 heterocycles. The lowest BCUT2D eigenvalue weighted by Gasteiger charge is -2.28. The van der Waals surface area contributed by atoms with E-state index in [1.54, 1.807) is 0 Å². The zero-order valence-corrected chi connectivity index (χ0v) is 13.5. The summed E-state index contributed by atoms with van der Waals surface area (Å²) >= 11 is 0. The van der Waals surface area contributed by atoms with Crippen LogP contribution < -0.4 is 0 Å². The molecule has 0 spiro atoms. The van der Waals surface area contributed by atoms with Crippen LogP contribution in [0, 0.1) is 0 Å². The van der Waals surface area contributed by atoms with Crippen molar-refractivity contribution in [1.82, 2.24) is 0 Å². The Morgan fingerprint density at radius 1 is 0.625 bits per heavy atom. The van der Waals surface area contributed by atoms with Crippen LogP contribution in [0.2, 0.25) is 0 Å². The van der Waals surface area contributed by atoms with E-state index in [1.165, 1.54) is 0 Å². The monoisotopic (exact) mass is 318 g/mol. The minimum Gasteiger partial charge on any atom is -0.365 e. The van der Waals surface area contributed by atoms with E-state index < -0.39 is 5.79 Å². The SMILES string of the molecule is OC(O)(Cc1ccccc1)CC(c1ccccc1)c1ccccc1. The summed E-state index contributed by atoms with van der Waals surface area (Å²) in [5.74, 6) is -1.83. The van der Waals surface area contributed by atoms with Crippen molar-refractivity contribution < 1.29 is 10.2 Å².